The molecule has 0 spiro atoms. The second-order valence-electron chi connectivity index (χ2n) is 3.12. The minimum atomic E-state index is -0.485. The molecule has 1 aromatic heterocycles. The number of nitrogens with zero attached hydrogens (tertiary/aromatic N) is 3. The minimum Gasteiger partial charge on any atom is -0.407 e. The summed E-state index contributed by atoms with van der Waals surface area (Å²) >= 11 is 5.49. The highest BCUT2D eigenvalue weighted by Gasteiger charge is 2.14. The van der Waals surface area contributed by atoms with E-state index in [1.54, 1.807) is 13.0 Å². The molecule has 0 aliphatic heterocycles. The molecule has 0 unspecified atom stereocenters. The molecule has 0 radical (unpaired) electrons. The number of nitro benzene ring substituents is 1. The van der Waals surface area contributed by atoms with Gasteiger partial charge in [-0.3, -0.25) is 10.1 Å². The third kappa shape index (κ3) is 1.87. The second-order valence-corrected chi connectivity index (χ2v) is 3.44. The van der Waals surface area contributed by atoms with E-state index < -0.39 is 4.92 Å². The summed E-state index contributed by atoms with van der Waals surface area (Å²) in [6.07, 6.45) is 0. The Morgan fingerprint density at radius 1 is 1.44 bits per heavy atom. The number of rotatable bonds is 2. The predicted molar refractivity (Wildman–Crippen MR) is 56.1 cm³/mol. The summed E-state index contributed by atoms with van der Waals surface area (Å²) < 4.78 is 5.01. The molecule has 0 amide bonds. The van der Waals surface area contributed by atoms with Gasteiger partial charge in [0.05, 0.1) is 4.92 Å². The molecule has 0 atom stereocenters. The fraction of sp³-hybridized carbons (Fsp3) is 0.111. The van der Waals surface area contributed by atoms with Crippen LogP contribution < -0.4 is 0 Å². The molecular formula is C9H6ClN3O3. The average Bonchev–Trinajstić information content (AvgIpc) is 2.65. The lowest BCUT2D eigenvalue weighted by Crippen LogP contribution is -1.90. The maximum atomic E-state index is 10.6. The van der Waals surface area contributed by atoms with Gasteiger partial charge >= 0.3 is 5.35 Å². The van der Waals surface area contributed by atoms with Gasteiger partial charge in [-0.25, -0.2) is 0 Å². The Morgan fingerprint density at radius 2 is 2.19 bits per heavy atom. The first-order chi connectivity index (χ1) is 7.58. The number of hydrogen-bond acceptors (Lipinski definition) is 5. The van der Waals surface area contributed by atoms with Crippen molar-refractivity contribution in [2.75, 3.05) is 0 Å². The van der Waals surface area contributed by atoms with Crippen LogP contribution in [0.25, 0.3) is 11.5 Å². The van der Waals surface area contributed by atoms with Gasteiger partial charge in [-0.05, 0) is 24.1 Å². The molecule has 2 rings (SSSR count). The van der Waals surface area contributed by atoms with E-state index in [0.29, 0.717) is 5.56 Å². The Labute approximate surface area is 95.0 Å². The van der Waals surface area contributed by atoms with Crippen LogP contribution in [0.3, 0.4) is 0 Å². The van der Waals surface area contributed by atoms with Crippen molar-refractivity contribution in [3.63, 3.8) is 0 Å². The van der Waals surface area contributed by atoms with Gasteiger partial charge in [0, 0.05) is 17.7 Å². The second kappa shape index (κ2) is 3.90. The van der Waals surface area contributed by atoms with Crippen molar-refractivity contribution in [1.82, 2.24) is 10.2 Å². The molecule has 0 fully saturated rings. The SMILES string of the molecule is Cc1ccc([N+](=O)[O-])cc1-c1nnc(Cl)o1. The van der Waals surface area contributed by atoms with Crippen LogP contribution in [0.1, 0.15) is 5.56 Å². The molecule has 0 N–H and O–H groups in total. The molecule has 1 heterocycles. The number of aryl methyl sites for hydroxylation is 1. The molecular weight excluding hydrogens is 234 g/mol. The summed E-state index contributed by atoms with van der Waals surface area (Å²) in [5.74, 6) is 0.172. The molecule has 16 heavy (non-hydrogen) atoms. The number of non-ortho nitro benzene ring substituents is 1. The van der Waals surface area contributed by atoms with Crippen molar-refractivity contribution < 1.29 is 9.34 Å². The van der Waals surface area contributed by atoms with E-state index in [1.807, 2.05) is 0 Å². The van der Waals surface area contributed by atoms with Crippen molar-refractivity contribution in [3.05, 3.63) is 39.2 Å². The molecule has 6 nitrogen and oxygen atoms in total. The molecule has 0 saturated carbocycles. The third-order valence-electron chi connectivity index (χ3n) is 2.06. The maximum absolute atomic E-state index is 10.6. The summed E-state index contributed by atoms with van der Waals surface area (Å²) in [5.41, 5.74) is 1.27. The summed E-state index contributed by atoms with van der Waals surface area (Å²) in [6.45, 7) is 1.79. The maximum Gasteiger partial charge on any atom is 0.313 e. The highest BCUT2D eigenvalue weighted by Crippen LogP contribution is 2.27. The number of hydrogen-bond donors (Lipinski definition) is 0. The fourth-order valence-corrected chi connectivity index (χ4v) is 1.38. The highest BCUT2D eigenvalue weighted by molar-refractivity contribution is 6.27. The van der Waals surface area contributed by atoms with Crippen LogP contribution >= 0.6 is 11.6 Å². The lowest BCUT2D eigenvalue weighted by Gasteiger charge is -1.99. The van der Waals surface area contributed by atoms with Crippen LogP contribution in [-0.2, 0) is 0 Å². The zero-order valence-electron chi connectivity index (χ0n) is 8.18. The first-order valence-electron chi connectivity index (χ1n) is 4.32. The van der Waals surface area contributed by atoms with Crippen molar-refractivity contribution in [3.8, 4) is 11.5 Å². The Bertz CT molecular complexity index is 553. The van der Waals surface area contributed by atoms with Crippen molar-refractivity contribution in [1.29, 1.82) is 0 Å². The van der Waals surface area contributed by atoms with Gasteiger partial charge < -0.3 is 4.42 Å². The van der Waals surface area contributed by atoms with E-state index in [-0.39, 0.29) is 16.9 Å². The molecule has 0 bridgehead atoms. The molecule has 1 aromatic carbocycles. The lowest BCUT2D eigenvalue weighted by atomic mass is 10.1. The summed E-state index contributed by atoms with van der Waals surface area (Å²) in [4.78, 5) is 10.1. The standard InChI is InChI=1S/C9H6ClN3O3/c1-5-2-3-6(13(14)15)4-7(5)8-11-12-9(10)16-8/h2-4H,1H3. The first-order valence-corrected chi connectivity index (χ1v) is 4.70. The quantitative estimate of drug-likeness (QED) is 0.594. The topological polar surface area (TPSA) is 82.1 Å². The monoisotopic (exact) mass is 239 g/mol. The summed E-state index contributed by atoms with van der Waals surface area (Å²) in [5, 5.41) is 17.7. The number of benzene rings is 1. The number of nitro groups is 1. The van der Waals surface area contributed by atoms with Crippen LogP contribution in [0.5, 0.6) is 0 Å². The van der Waals surface area contributed by atoms with E-state index in [4.69, 9.17) is 16.0 Å². The van der Waals surface area contributed by atoms with Gasteiger partial charge in [-0.1, -0.05) is 11.2 Å². The van der Waals surface area contributed by atoms with Gasteiger partial charge in [0.15, 0.2) is 0 Å². The van der Waals surface area contributed by atoms with Crippen LogP contribution in [0.2, 0.25) is 5.35 Å². The van der Waals surface area contributed by atoms with Gasteiger partial charge in [0.2, 0.25) is 5.89 Å². The van der Waals surface area contributed by atoms with E-state index in [0.717, 1.165) is 5.56 Å². The zero-order chi connectivity index (χ0) is 11.7. The first kappa shape index (κ1) is 10.6. The van der Waals surface area contributed by atoms with Gasteiger partial charge in [-0.15, -0.1) is 5.10 Å². The summed E-state index contributed by atoms with van der Waals surface area (Å²) in [6, 6.07) is 4.40. The number of aromatic nitrogens is 2. The van der Waals surface area contributed by atoms with Crippen LogP contribution in [0.15, 0.2) is 22.6 Å². The molecule has 2 aromatic rings. The summed E-state index contributed by atoms with van der Waals surface area (Å²) in [7, 11) is 0. The fourth-order valence-electron chi connectivity index (χ4n) is 1.27. The highest BCUT2D eigenvalue weighted by atomic mass is 35.5. The minimum absolute atomic E-state index is 0.0325. The lowest BCUT2D eigenvalue weighted by molar-refractivity contribution is -0.384. The third-order valence-corrected chi connectivity index (χ3v) is 2.22. The van der Waals surface area contributed by atoms with E-state index >= 15 is 0 Å². The molecule has 82 valence electrons. The number of halogens is 1. The van der Waals surface area contributed by atoms with Gasteiger partial charge in [-0.2, -0.15) is 0 Å². The van der Waals surface area contributed by atoms with Crippen LogP contribution in [0.4, 0.5) is 5.69 Å². The largest absolute Gasteiger partial charge is 0.407 e. The molecule has 0 aliphatic carbocycles. The van der Waals surface area contributed by atoms with E-state index in [9.17, 15) is 10.1 Å². The van der Waals surface area contributed by atoms with Crippen LogP contribution in [-0.4, -0.2) is 15.1 Å². The molecule has 0 aliphatic rings. The Hall–Kier alpha value is -1.95. The van der Waals surface area contributed by atoms with Crippen molar-refractivity contribution >= 4 is 17.3 Å². The van der Waals surface area contributed by atoms with Crippen LogP contribution in [0, 0.1) is 17.0 Å². The van der Waals surface area contributed by atoms with Crippen molar-refractivity contribution in [2.24, 2.45) is 0 Å². The van der Waals surface area contributed by atoms with Gasteiger partial charge in [0.25, 0.3) is 5.69 Å². The average molecular weight is 240 g/mol. The van der Waals surface area contributed by atoms with E-state index in [2.05, 4.69) is 10.2 Å². The Morgan fingerprint density at radius 3 is 2.75 bits per heavy atom. The van der Waals surface area contributed by atoms with Gasteiger partial charge in [0.1, 0.15) is 0 Å². The smallest absolute Gasteiger partial charge is 0.313 e. The zero-order valence-corrected chi connectivity index (χ0v) is 8.93. The molecule has 7 heteroatoms. The Kier molecular flexibility index (Phi) is 2.57. The predicted octanol–water partition coefficient (Wildman–Crippen LogP) is 2.61. The Balaban J connectivity index is 2.55. The van der Waals surface area contributed by atoms with E-state index in [1.165, 1.54) is 12.1 Å². The van der Waals surface area contributed by atoms with Crippen molar-refractivity contribution in [2.45, 2.75) is 6.92 Å². The molecule has 0 saturated heterocycles. The normalized spacial score (nSPS) is 10.4.